The van der Waals surface area contributed by atoms with Crippen LogP contribution in [-0.2, 0) is 11.8 Å². The minimum Gasteiger partial charge on any atom is -0.0839 e. The fraction of sp³-hybridized carbons (Fsp3) is 0.167. The van der Waals surface area contributed by atoms with Crippen LogP contribution in [0.3, 0.4) is 0 Å². The Morgan fingerprint density at radius 2 is 1.92 bits per heavy atom. The molecule has 0 radical (unpaired) electrons. The number of allylic oxidation sites excluding steroid dienone is 4. The fourth-order valence-corrected chi connectivity index (χ4v) is 2.41. The largest absolute Gasteiger partial charge is 0.157 e. The number of rotatable bonds is 2. The van der Waals surface area contributed by atoms with E-state index < -0.39 is 0 Å². The van der Waals surface area contributed by atoms with Crippen molar-refractivity contribution in [1.29, 1.82) is 0 Å². The van der Waals surface area contributed by atoms with E-state index >= 15 is 0 Å². The lowest BCUT2D eigenvalue weighted by atomic mass is 10.2. The molecule has 0 heterocycles. The van der Waals surface area contributed by atoms with Crippen LogP contribution in [-0.4, -0.2) is 0 Å². The molecule has 13 heavy (non-hydrogen) atoms. The highest BCUT2D eigenvalue weighted by Crippen LogP contribution is 2.17. The summed E-state index contributed by atoms with van der Waals surface area (Å²) in [6.45, 7) is 0. The first kappa shape index (κ1) is 8.64. The molecule has 0 fully saturated rings. The molecule has 1 heteroatoms. The Morgan fingerprint density at radius 3 is 2.62 bits per heavy atom. The maximum absolute atomic E-state index is 2.23. The van der Waals surface area contributed by atoms with Crippen LogP contribution in [0.4, 0.5) is 0 Å². The molecule has 2 rings (SSSR count). The molecule has 0 aromatic heterocycles. The van der Waals surface area contributed by atoms with Crippen molar-refractivity contribution in [2.75, 3.05) is 0 Å². The Labute approximate surface area is 83.4 Å². The molecule has 0 unspecified atom stereocenters. The van der Waals surface area contributed by atoms with Crippen LogP contribution >= 0.6 is 0 Å². The zero-order valence-electron chi connectivity index (χ0n) is 7.48. The zero-order chi connectivity index (χ0) is 8.93. The summed E-state index contributed by atoms with van der Waals surface area (Å²) in [5.41, 5.74) is 0. The summed E-state index contributed by atoms with van der Waals surface area (Å²) in [6, 6.07) is 10.6. The van der Waals surface area contributed by atoms with Crippen molar-refractivity contribution < 1.29 is 0 Å². The van der Waals surface area contributed by atoms with Gasteiger partial charge in [-0.25, -0.2) is 0 Å². The summed E-state index contributed by atoms with van der Waals surface area (Å²) in [5.74, 6) is 0. The van der Waals surface area contributed by atoms with E-state index in [-0.39, 0.29) is 0 Å². The van der Waals surface area contributed by atoms with Gasteiger partial charge in [0.1, 0.15) is 4.91 Å². The molecule has 0 bridgehead atoms. The molecule has 1 aliphatic carbocycles. The van der Waals surface area contributed by atoms with Gasteiger partial charge in [-0.3, -0.25) is 0 Å². The van der Waals surface area contributed by atoms with Crippen molar-refractivity contribution in [1.82, 2.24) is 0 Å². The third-order valence-electron chi connectivity index (χ3n) is 2.02. The Hall–Kier alpha value is -0.950. The normalized spacial score (nSPS) is 15.5. The van der Waals surface area contributed by atoms with Gasteiger partial charge in [-0.1, -0.05) is 30.4 Å². The van der Waals surface area contributed by atoms with E-state index in [2.05, 4.69) is 48.6 Å². The number of benzene rings is 1. The van der Waals surface area contributed by atoms with Gasteiger partial charge in [-0.2, -0.15) is 0 Å². The lowest BCUT2D eigenvalue weighted by molar-refractivity contribution is 1.02. The van der Waals surface area contributed by atoms with Gasteiger partial charge in [0.25, 0.3) is 0 Å². The maximum atomic E-state index is 2.23. The van der Waals surface area contributed by atoms with E-state index in [1.54, 1.807) is 0 Å². The average Bonchev–Trinajstić information content (AvgIpc) is 2.21. The second-order valence-electron chi connectivity index (χ2n) is 3.07. The Bertz CT molecular complexity index is 322. The summed E-state index contributed by atoms with van der Waals surface area (Å²) in [7, 11) is 0. The lowest BCUT2D eigenvalue weighted by Gasteiger charge is -1.99. The molecule has 0 saturated carbocycles. The third kappa shape index (κ3) is 2.49. The van der Waals surface area contributed by atoms with E-state index in [1.165, 1.54) is 34.4 Å². The summed E-state index contributed by atoms with van der Waals surface area (Å²) >= 11 is 1.37. The first-order valence-electron chi connectivity index (χ1n) is 4.58. The average molecular weight is 189 g/mol. The van der Waals surface area contributed by atoms with Gasteiger partial charge in [0.15, 0.2) is 4.90 Å². The molecule has 0 saturated heterocycles. The topological polar surface area (TPSA) is 0 Å². The first-order valence-corrected chi connectivity index (χ1v) is 5.47. The predicted molar refractivity (Wildman–Crippen MR) is 59.9 cm³/mol. The standard InChI is InChI=1S/C12H12S/c1-3-7-11(8-4-1)13-12-9-5-2-6-10-12/h1-5,7-9H,6,10H2/p+1. The van der Waals surface area contributed by atoms with Crippen LogP contribution in [0.1, 0.15) is 12.8 Å². The van der Waals surface area contributed by atoms with Crippen LogP contribution in [0, 0.1) is 0 Å². The van der Waals surface area contributed by atoms with E-state index in [0.29, 0.717) is 0 Å². The van der Waals surface area contributed by atoms with Crippen molar-refractivity contribution in [3.63, 3.8) is 0 Å². The van der Waals surface area contributed by atoms with Gasteiger partial charge in [0.05, 0.1) is 0 Å². The van der Waals surface area contributed by atoms with Gasteiger partial charge in [0, 0.05) is 18.2 Å². The van der Waals surface area contributed by atoms with Gasteiger partial charge in [0.2, 0.25) is 0 Å². The predicted octanol–water partition coefficient (Wildman–Crippen LogP) is 3.09. The van der Waals surface area contributed by atoms with Gasteiger partial charge >= 0.3 is 0 Å². The lowest BCUT2D eigenvalue weighted by Crippen LogP contribution is -1.90. The highest BCUT2D eigenvalue weighted by atomic mass is 32.2. The van der Waals surface area contributed by atoms with Crippen molar-refractivity contribution in [2.24, 2.45) is 0 Å². The Balaban J connectivity index is 2.06. The Morgan fingerprint density at radius 1 is 1.08 bits per heavy atom. The molecule has 1 aromatic carbocycles. The molecule has 0 N–H and O–H groups in total. The summed E-state index contributed by atoms with van der Waals surface area (Å²) in [5, 5.41) is 0. The van der Waals surface area contributed by atoms with Crippen LogP contribution in [0.2, 0.25) is 0 Å². The van der Waals surface area contributed by atoms with Gasteiger partial charge < -0.3 is 0 Å². The molecule has 66 valence electrons. The molecule has 1 aromatic rings. The van der Waals surface area contributed by atoms with Crippen molar-refractivity contribution in [3.05, 3.63) is 53.5 Å². The maximum Gasteiger partial charge on any atom is 0.157 e. The number of hydrogen-bond donors (Lipinski definition) is 0. The SMILES string of the molecule is C1=CCCC([SH+]c2ccccc2)=C1. The zero-order valence-corrected chi connectivity index (χ0v) is 8.37. The van der Waals surface area contributed by atoms with Gasteiger partial charge in [-0.05, 0) is 24.6 Å². The molecule has 0 nitrogen and oxygen atoms in total. The van der Waals surface area contributed by atoms with Crippen LogP contribution in [0.15, 0.2) is 58.4 Å². The molecule has 0 aliphatic heterocycles. The third-order valence-corrected chi connectivity index (χ3v) is 3.24. The minimum absolute atomic E-state index is 1.20. The summed E-state index contributed by atoms with van der Waals surface area (Å²) in [4.78, 5) is 2.91. The van der Waals surface area contributed by atoms with Crippen molar-refractivity contribution in [3.8, 4) is 0 Å². The van der Waals surface area contributed by atoms with E-state index in [0.717, 1.165) is 0 Å². The minimum atomic E-state index is 1.20. The number of hydrogen-bond acceptors (Lipinski definition) is 0. The summed E-state index contributed by atoms with van der Waals surface area (Å²) in [6.07, 6.45) is 9.04. The molecule has 0 atom stereocenters. The van der Waals surface area contributed by atoms with Crippen molar-refractivity contribution in [2.45, 2.75) is 17.7 Å². The second-order valence-corrected chi connectivity index (χ2v) is 4.39. The van der Waals surface area contributed by atoms with Crippen molar-refractivity contribution >= 4 is 11.8 Å². The molecule has 0 spiro atoms. The van der Waals surface area contributed by atoms with E-state index in [1.807, 2.05) is 0 Å². The molecular formula is C12H13S+. The molecular weight excluding hydrogens is 176 g/mol. The second kappa shape index (κ2) is 4.33. The molecule has 1 aliphatic rings. The molecule has 0 amide bonds. The highest BCUT2D eigenvalue weighted by Gasteiger charge is 2.09. The van der Waals surface area contributed by atoms with E-state index in [9.17, 15) is 0 Å². The van der Waals surface area contributed by atoms with Crippen LogP contribution in [0.25, 0.3) is 0 Å². The highest BCUT2D eigenvalue weighted by molar-refractivity contribution is 7.82. The fourth-order valence-electron chi connectivity index (χ4n) is 1.35. The Kier molecular flexibility index (Phi) is 2.88. The summed E-state index contributed by atoms with van der Waals surface area (Å²) < 4.78 is 0. The smallest absolute Gasteiger partial charge is 0.0839 e. The number of thiol groups is 1. The van der Waals surface area contributed by atoms with Crippen LogP contribution in [0.5, 0.6) is 0 Å². The quantitative estimate of drug-likeness (QED) is 0.495. The van der Waals surface area contributed by atoms with E-state index in [4.69, 9.17) is 0 Å². The van der Waals surface area contributed by atoms with Crippen LogP contribution < -0.4 is 0 Å². The monoisotopic (exact) mass is 189 g/mol. The first-order chi connectivity index (χ1) is 6.45. The van der Waals surface area contributed by atoms with Gasteiger partial charge in [-0.15, -0.1) is 0 Å².